The second-order valence-corrected chi connectivity index (χ2v) is 14.2. The SMILES string of the molecule is Cc1c(-c2c(C)c3ccccc3n2-c2nc(-c3ccccc3)c3ccccc3n2)sc2c1C(c1ccccc1)(c1ccccn1)c1ccccc1-2. The van der Waals surface area contributed by atoms with Crippen molar-refractivity contribution in [3.63, 3.8) is 0 Å². The first kappa shape index (κ1) is 29.7. The molecule has 0 aliphatic heterocycles. The minimum absolute atomic E-state index is 0.571. The lowest BCUT2D eigenvalue weighted by molar-refractivity contribution is 0.731. The van der Waals surface area contributed by atoms with E-state index < -0.39 is 5.41 Å². The number of rotatable bonds is 5. The minimum Gasteiger partial charge on any atom is -0.277 e. The third kappa shape index (κ3) is 4.22. The summed E-state index contributed by atoms with van der Waals surface area (Å²) < 4.78 is 2.30. The predicted octanol–water partition coefficient (Wildman–Crippen LogP) is 11.3. The number of thiophene rings is 1. The molecule has 0 amide bonds. The molecule has 5 aromatic carbocycles. The van der Waals surface area contributed by atoms with Gasteiger partial charge in [0.05, 0.1) is 38.4 Å². The van der Waals surface area contributed by atoms with Crippen LogP contribution in [0.15, 0.2) is 158 Å². The summed E-state index contributed by atoms with van der Waals surface area (Å²) in [7, 11) is 0. The molecule has 5 heteroatoms. The Balaban J connectivity index is 1.31. The normalized spacial score (nSPS) is 14.9. The fourth-order valence-corrected chi connectivity index (χ4v) is 9.87. The van der Waals surface area contributed by atoms with Crippen LogP contribution in [0.1, 0.15) is 33.5 Å². The summed E-state index contributed by atoms with van der Waals surface area (Å²) in [6.07, 6.45) is 1.92. The van der Waals surface area contributed by atoms with Gasteiger partial charge in [-0.3, -0.25) is 9.55 Å². The zero-order valence-corrected chi connectivity index (χ0v) is 29.0. The topological polar surface area (TPSA) is 43.6 Å². The summed E-state index contributed by atoms with van der Waals surface area (Å²) in [5.74, 6) is 0.666. The highest BCUT2D eigenvalue weighted by Crippen LogP contribution is 2.61. The van der Waals surface area contributed by atoms with E-state index in [2.05, 4.69) is 158 Å². The van der Waals surface area contributed by atoms with Crippen LogP contribution in [0.3, 0.4) is 0 Å². The lowest BCUT2D eigenvalue weighted by Gasteiger charge is -2.33. The molecule has 0 spiro atoms. The second-order valence-electron chi connectivity index (χ2n) is 13.2. The van der Waals surface area contributed by atoms with E-state index in [0.717, 1.165) is 39.1 Å². The van der Waals surface area contributed by atoms with Crippen molar-refractivity contribution in [3.8, 4) is 38.2 Å². The number of hydrogen-bond donors (Lipinski definition) is 0. The quantitative estimate of drug-likeness (QED) is 0.183. The van der Waals surface area contributed by atoms with E-state index in [1.54, 1.807) is 0 Å². The highest BCUT2D eigenvalue weighted by atomic mass is 32.1. The van der Waals surface area contributed by atoms with Crippen LogP contribution in [0.4, 0.5) is 0 Å². The Morgan fingerprint density at radius 2 is 1.27 bits per heavy atom. The monoisotopic (exact) mass is 672 g/mol. The maximum absolute atomic E-state index is 5.39. The predicted molar refractivity (Wildman–Crippen MR) is 210 cm³/mol. The minimum atomic E-state index is -0.571. The molecule has 4 heterocycles. The van der Waals surface area contributed by atoms with E-state index in [-0.39, 0.29) is 0 Å². The van der Waals surface area contributed by atoms with Crippen molar-refractivity contribution >= 4 is 33.1 Å². The van der Waals surface area contributed by atoms with Gasteiger partial charge in [0, 0.05) is 27.4 Å². The van der Waals surface area contributed by atoms with Crippen LogP contribution in [-0.2, 0) is 5.41 Å². The van der Waals surface area contributed by atoms with E-state index in [1.165, 1.54) is 48.5 Å². The molecule has 0 N–H and O–H groups in total. The van der Waals surface area contributed by atoms with Gasteiger partial charge in [-0.05, 0) is 71.5 Å². The third-order valence-electron chi connectivity index (χ3n) is 10.5. The van der Waals surface area contributed by atoms with Crippen molar-refractivity contribution in [2.45, 2.75) is 19.3 Å². The van der Waals surface area contributed by atoms with E-state index >= 15 is 0 Å². The Morgan fingerprint density at radius 1 is 0.588 bits per heavy atom. The molecule has 0 saturated heterocycles. The van der Waals surface area contributed by atoms with Crippen LogP contribution in [0, 0.1) is 13.8 Å². The number of nitrogens with zero attached hydrogens (tertiary/aromatic N) is 4. The van der Waals surface area contributed by atoms with Gasteiger partial charge in [-0.2, -0.15) is 0 Å². The van der Waals surface area contributed by atoms with Gasteiger partial charge in [0.1, 0.15) is 0 Å². The van der Waals surface area contributed by atoms with Crippen molar-refractivity contribution in [1.82, 2.24) is 19.5 Å². The molecule has 4 nitrogen and oxygen atoms in total. The summed E-state index contributed by atoms with van der Waals surface area (Å²) in [5, 5.41) is 2.23. The van der Waals surface area contributed by atoms with Crippen molar-refractivity contribution in [2.75, 3.05) is 0 Å². The molecule has 0 bridgehead atoms. The number of para-hydroxylation sites is 2. The maximum atomic E-state index is 5.39. The zero-order valence-electron chi connectivity index (χ0n) is 28.2. The molecule has 10 rings (SSSR count). The Morgan fingerprint density at radius 3 is 2.08 bits per heavy atom. The van der Waals surface area contributed by atoms with Gasteiger partial charge in [-0.1, -0.05) is 127 Å². The number of aryl methyl sites for hydroxylation is 1. The summed E-state index contributed by atoms with van der Waals surface area (Å²) >= 11 is 1.87. The first-order valence-corrected chi connectivity index (χ1v) is 18.1. The molecule has 1 unspecified atom stereocenters. The maximum Gasteiger partial charge on any atom is 0.235 e. The Bertz CT molecular complexity index is 2720. The van der Waals surface area contributed by atoms with Gasteiger partial charge >= 0.3 is 0 Å². The number of hydrogen-bond acceptors (Lipinski definition) is 4. The molecular formula is C46H32N4S. The number of aromatic nitrogens is 4. The van der Waals surface area contributed by atoms with Crippen LogP contribution in [0.2, 0.25) is 0 Å². The zero-order chi connectivity index (χ0) is 34.1. The number of benzene rings is 5. The van der Waals surface area contributed by atoms with Crippen molar-refractivity contribution in [3.05, 3.63) is 191 Å². The van der Waals surface area contributed by atoms with Crippen LogP contribution >= 0.6 is 11.3 Å². The summed E-state index contributed by atoms with van der Waals surface area (Å²) in [6.45, 7) is 4.55. The van der Waals surface area contributed by atoms with Crippen molar-refractivity contribution in [1.29, 1.82) is 0 Å². The largest absolute Gasteiger partial charge is 0.277 e. The van der Waals surface area contributed by atoms with Crippen LogP contribution in [0.5, 0.6) is 0 Å². The van der Waals surface area contributed by atoms with E-state index in [4.69, 9.17) is 15.0 Å². The first-order chi connectivity index (χ1) is 25.2. The fraction of sp³-hybridized carbons (Fsp3) is 0.0652. The average molecular weight is 673 g/mol. The highest BCUT2D eigenvalue weighted by Gasteiger charge is 2.50. The number of fused-ring (bicyclic) bond motifs is 5. The fourth-order valence-electron chi connectivity index (χ4n) is 8.37. The lowest BCUT2D eigenvalue weighted by Crippen LogP contribution is -2.30. The molecule has 0 saturated carbocycles. The van der Waals surface area contributed by atoms with Crippen LogP contribution in [-0.4, -0.2) is 19.5 Å². The highest BCUT2D eigenvalue weighted by molar-refractivity contribution is 7.19. The third-order valence-corrected chi connectivity index (χ3v) is 11.9. The average Bonchev–Trinajstić information content (AvgIpc) is 3.80. The molecule has 1 aliphatic carbocycles. The lowest BCUT2D eigenvalue weighted by atomic mass is 9.69. The second kappa shape index (κ2) is 11.4. The van der Waals surface area contributed by atoms with Crippen LogP contribution in [0.25, 0.3) is 60.0 Å². The smallest absolute Gasteiger partial charge is 0.235 e. The summed E-state index contributed by atoms with van der Waals surface area (Å²) in [5.41, 5.74) is 13.1. The standard InChI is InChI=1S/C46H32N4S/c1-29-33-21-11-14-26-38(33)50(45-48-37-25-13-10-23-35(37)41(49-45)31-17-5-3-6-18-31)42(29)43-30(2)40-44(51-43)34-22-9-12-24-36(34)46(40,32-19-7-4-8-20-32)39-27-15-16-28-47-39/h3-28H,1-2H3. The molecule has 4 aromatic heterocycles. The van der Waals surface area contributed by atoms with E-state index in [1.807, 2.05) is 29.7 Å². The number of pyridine rings is 1. The van der Waals surface area contributed by atoms with E-state index in [9.17, 15) is 0 Å². The molecule has 0 radical (unpaired) electrons. The van der Waals surface area contributed by atoms with Gasteiger partial charge < -0.3 is 0 Å². The Hall–Kier alpha value is -6.17. The van der Waals surface area contributed by atoms with Gasteiger partial charge in [-0.25, -0.2) is 9.97 Å². The molecular weight excluding hydrogens is 641 g/mol. The molecule has 0 fully saturated rings. The first-order valence-electron chi connectivity index (χ1n) is 17.3. The Kier molecular flexibility index (Phi) is 6.67. The van der Waals surface area contributed by atoms with Gasteiger partial charge in [0.25, 0.3) is 0 Å². The van der Waals surface area contributed by atoms with Gasteiger partial charge in [0.2, 0.25) is 5.95 Å². The molecule has 242 valence electrons. The van der Waals surface area contributed by atoms with Crippen LogP contribution < -0.4 is 0 Å². The van der Waals surface area contributed by atoms with Crippen molar-refractivity contribution < 1.29 is 0 Å². The van der Waals surface area contributed by atoms with Gasteiger partial charge in [0.15, 0.2) is 0 Å². The van der Waals surface area contributed by atoms with Gasteiger partial charge in [-0.15, -0.1) is 11.3 Å². The molecule has 9 aromatic rings. The summed E-state index contributed by atoms with van der Waals surface area (Å²) in [4.78, 5) is 18.3. The molecule has 1 atom stereocenters. The summed E-state index contributed by atoms with van der Waals surface area (Å²) in [6, 6.07) is 53.5. The molecule has 51 heavy (non-hydrogen) atoms. The molecule has 1 aliphatic rings. The van der Waals surface area contributed by atoms with E-state index in [0.29, 0.717) is 5.95 Å². The van der Waals surface area contributed by atoms with Crippen molar-refractivity contribution in [2.24, 2.45) is 0 Å². The Labute approximate surface area is 300 Å².